The molecule has 0 amide bonds. The molecule has 0 radical (unpaired) electrons. The highest BCUT2D eigenvalue weighted by atomic mass is 16.3. The second-order valence-electron chi connectivity index (χ2n) is 3.72. The molecule has 76 valence electrons. The van der Waals surface area contributed by atoms with Gasteiger partial charge < -0.3 is 15.1 Å². The normalized spacial score (nSPS) is 17.0. The van der Waals surface area contributed by atoms with Crippen LogP contribution in [0.2, 0.25) is 0 Å². The number of anilines is 1. The van der Waals surface area contributed by atoms with Gasteiger partial charge in [-0.1, -0.05) is 0 Å². The molecule has 0 aromatic heterocycles. The molecule has 1 aromatic rings. The van der Waals surface area contributed by atoms with Gasteiger partial charge in [0, 0.05) is 24.8 Å². The highest BCUT2D eigenvalue weighted by molar-refractivity contribution is 5.55. The summed E-state index contributed by atoms with van der Waals surface area (Å²) in [6, 6.07) is 5.01. The predicted octanol–water partition coefficient (Wildman–Crippen LogP) is 2.09. The lowest BCUT2D eigenvalue weighted by molar-refractivity contribution is 0.403. The molecule has 3 nitrogen and oxygen atoms in total. The van der Waals surface area contributed by atoms with Crippen LogP contribution in [0.1, 0.15) is 19.3 Å². The maximum Gasteiger partial charge on any atom is 0.159 e. The highest BCUT2D eigenvalue weighted by Gasteiger charge is 2.11. The summed E-state index contributed by atoms with van der Waals surface area (Å²) >= 11 is 0. The third-order valence-electron chi connectivity index (χ3n) is 2.68. The van der Waals surface area contributed by atoms with Gasteiger partial charge in [-0.3, -0.25) is 0 Å². The van der Waals surface area contributed by atoms with E-state index in [2.05, 4.69) is 4.90 Å². The molecule has 2 N–H and O–H groups in total. The zero-order valence-electron chi connectivity index (χ0n) is 8.11. The van der Waals surface area contributed by atoms with Crippen molar-refractivity contribution in [1.82, 2.24) is 0 Å². The molecule has 1 fully saturated rings. The number of phenolic OH excluding ortho intramolecular Hbond substituents is 2. The van der Waals surface area contributed by atoms with Crippen LogP contribution in [0.5, 0.6) is 11.5 Å². The van der Waals surface area contributed by atoms with Crippen LogP contribution in [-0.2, 0) is 0 Å². The minimum absolute atomic E-state index is 0.0342. The molecular weight excluding hydrogens is 178 g/mol. The molecule has 1 aliphatic heterocycles. The van der Waals surface area contributed by atoms with Crippen LogP contribution in [0.15, 0.2) is 18.2 Å². The average molecular weight is 193 g/mol. The minimum Gasteiger partial charge on any atom is -0.504 e. The van der Waals surface area contributed by atoms with Gasteiger partial charge in [0.25, 0.3) is 0 Å². The summed E-state index contributed by atoms with van der Waals surface area (Å²) in [5, 5.41) is 18.5. The molecule has 0 bridgehead atoms. The van der Waals surface area contributed by atoms with Gasteiger partial charge in [0.05, 0.1) is 0 Å². The summed E-state index contributed by atoms with van der Waals surface area (Å²) in [6.45, 7) is 2.09. The Morgan fingerprint density at radius 1 is 0.929 bits per heavy atom. The number of phenols is 2. The van der Waals surface area contributed by atoms with Crippen LogP contribution >= 0.6 is 0 Å². The second-order valence-corrected chi connectivity index (χ2v) is 3.72. The molecule has 0 spiro atoms. The number of rotatable bonds is 1. The maximum absolute atomic E-state index is 9.35. The first kappa shape index (κ1) is 9.19. The molecule has 0 aliphatic carbocycles. The Morgan fingerprint density at radius 3 is 2.29 bits per heavy atom. The summed E-state index contributed by atoms with van der Waals surface area (Å²) in [6.07, 6.45) is 3.71. The van der Waals surface area contributed by atoms with E-state index in [0.717, 1.165) is 18.8 Å². The fraction of sp³-hybridized carbons (Fsp3) is 0.455. The lowest BCUT2D eigenvalue weighted by Crippen LogP contribution is -2.29. The van der Waals surface area contributed by atoms with Crippen LogP contribution in [0, 0.1) is 0 Å². The van der Waals surface area contributed by atoms with Crippen molar-refractivity contribution in [1.29, 1.82) is 0 Å². The smallest absolute Gasteiger partial charge is 0.159 e. The Kier molecular flexibility index (Phi) is 2.48. The SMILES string of the molecule is Oc1ccc(N2CCCCC2)cc1O. The molecule has 1 aliphatic rings. The Balaban J connectivity index is 2.18. The van der Waals surface area contributed by atoms with E-state index in [9.17, 15) is 10.2 Å². The van der Waals surface area contributed by atoms with Gasteiger partial charge in [0.2, 0.25) is 0 Å². The van der Waals surface area contributed by atoms with Crippen molar-refractivity contribution < 1.29 is 10.2 Å². The van der Waals surface area contributed by atoms with E-state index >= 15 is 0 Å². The van der Waals surface area contributed by atoms with E-state index in [1.807, 2.05) is 6.07 Å². The summed E-state index contributed by atoms with van der Waals surface area (Å²) in [5.41, 5.74) is 1.00. The van der Waals surface area contributed by atoms with Crippen LogP contribution in [0.4, 0.5) is 5.69 Å². The number of hydrogen-bond acceptors (Lipinski definition) is 3. The minimum atomic E-state index is -0.0502. The number of hydrogen-bond donors (Lipinski definition) is 2. The monoisotopic (exact) mass is 193 g/mol. The number of nitrogens with zero attached hydrogens (tertiary/aromatic N) is 1. The highest BCUT2D eigenvalue weighted by Crippen LogP contribution is 2.30. The van der Waals surface area contributed by atoms with Gasteiger partial charge in [-0.25, -0.2) is 0 Å². The molecule has 1 aromatic carbocycles. The summed E-state index contributed by atoms with van der Waals surface area (Å²) in [7, 11) is 0. The van der Waals surface area contributed by atoms with Gasteiger partial charge in [-0.05, 0) is 31.4 Å². The first-order valence-electron chi connectivity index (χ1n) is 5.04. The number of piperidine rings is 1. The molecule has 0 atom stereocenters. The van der Waals surface area contributed by atoms with Crippen molar-refractivity contribution in [3.8, 4) is 11.5 Å². The summed E-state index contributed by atoms with van der Waals surface area (Å²) in [5.74, 6) is -0.0844. The third kappa shape index (κ3) is 1.76. The quantitative estimate of drug-likeness (QED) is 0.671. The van der Waals surface area contributed by atoms with Crippen molar-refractivity contribution in [3.05, 3.63) is 18.2 Å². The van der Waals surface area contributed by atoms with E-state index in [4.69, 9.17) is 0 Å². The molecule has 0 saturated carbocycles. The van der Waals surface area contributed by atoms with Crippen molar-refractivity contribution in [2.45, 2.75) is 19.3 Å². The van der Waals surface area contributed by atoms with Gasteiger partial charge in [0.1, 0.15) is 0 Å². The van der Waals surface area contributed by atoms with Gasteiger partial charge in [0.15, 0.2) is 11.5 Å². The van der Waals surface area contributed by atoms with E-state index < -0.39 is 0 Å². The zero-order chi connectivity index (χ0) is 9.97. The van der Waals surface area contributed by atoms with Crippen LogP contribution in [0.25, 0.3) is 0 Å². The van der Waals surface area contributed by atoms with Gasteiger partial charge >= 0.3 is 0 Å². The molecule has 14 heavy (non-hydrogen) atoms. The zero-order valence-corrected chi connectivity index (χ0v) is 8.11. The lowest BCUT2D eigenvalue weighted by Gasteiger charge is -2.28. The number of aromatic hydroxyl groups is 2. The second kappa shape index (κ2) is 3.78. The molecule has 2 rings (SSSR count). The van der Waals surface area contributed by atoms with Gasteiger partial charge in [-0.2, -0.15) is 0 Å². The molecule has 1 heterocycles. The molecule has 1 saturated heterocycles. The van der Waals surface area contributed by atoms with E-state index in [1.54, 1.807) is 12.1 Å². The first-order chi connectivity index (χ1) is 6.77. The molecule has 3 heteroatoms. The largest absolute Gasteiger partial charge is 0.504 e. The van der Waals surface area contributed by atoms with Crippen LogP contribution in [0.3, 0.4) is 0 Å². The summed E-state index contributed by atoms with van der Waals surface area (Å²) < 4.78 is 0. The lowest BCUT2D eigenvalue weighted by atomic mass is 10.1. The first-order valence-corrected chi connectivity index (χ1v) is 5.04. The van der Waals surface area contributed by atoms with E-state index in [0.29, 0.717) is 0 Å². The molecular formula is C11H15NO2. The fourth-order valence-corrected chi connectivity index (χ4v) is 1.86. The van der Waals surface area contributed by atoms with E-state index in [1.165, 1.54) is 19.3 Å². The Hall–Kier alpha value is -1.38. The standard InChI is InChI=1S/C11H15NO2/c13-10-5-4-9(8-11(10)14)12-6-2-1-3-7-12/h4-5,8,13-14H,1-3,6-7H2. The summed E-state index contributed by atoms with van der Waals surface area (Å²) in [4.78, 5) is 2.24. The Labute approximate surface area is 83.6 Å². The third-order valence-corrected chi connectivity index (χ3v) is 2.68. The predicted molar refractivity (Wildman–Crippen MR) is 55.8 cm³/mol. The molecule has 0 unspecified atom stereocenters. The van der Waals surface area contributed by atoms with Crippen molar-refractivity contribution >= 4 is 5.69 Å². The average Bonchev–Trinajstić information content (AvgIpc) is 2.23. The van der Waals surface area contributed by atoms with Crippen LogP contribution < -0.4 is 4.90 Å². The van der Waals surface area contributed by atoms with Crippen molar-refractivity contribution in [3.63, 3.8) is 0 Å². The van der Waals surface area contributed by atoms with E-state index in [-0.39, 0.29) is 11.5 Å². The maximum atomic E-state index is 9.35. The van der Waals surface area contributed by atoms with Gasteiger partial charge in [-0.15, -0.1) is 0 Å². The van der Waals surface area contributed by atoms with Crippen molar-refractivity contribution in [2.24, 2.45) is 0 Å². The Bertz CT molecular complexity index is 319. The Morgan fingerprint density at radius 2 is 1.64 bits per heavy atom. The number of benzene rings is 1. The fourth-order valence-electron chi connectivity index (χ4n) is 1.86. The van der Waals surface area contributed by atoms with Crippen LogP contribution in [-0.4, -0.2) is 23.3 Å². The topological polar surface area (TPSA) is 43.7 Å². The van der Waals surface area contributed by atoms with Crippen molar-refractivity contribution in [2.75, 3.05) is 18.0 Å².